The molecule has 1 N–H and O–H groups in total. The molecule has 20 heavy (non-hydrogen) atoms. The van der Waals surface area contributed by atoms with Gasteiger partial charge in [-0.15, -0.1) is 0 Å². The number of rotatable bonds is 12. The zero-order chi connectivity index (χ0) is 15.0. The van der Waals surface area contributed by atoms with Crippen LogP contribution >= 0.6 is 0 Å². The van der Waals surface area contributed by atoms with E-state index in [2.05, 4.69) is 44.8 Å². The van der Waals surface area contributed by atoms with E-state index in [0.717, 1.165) is 18.5 Å². The van der Waals surface area contributed by atoms with Crippen LogP contribution in [0.3, 0.4) is 0 Å². The summed E-state index contributed by atoms with van der Waals surface area (Å²) in [5.41, 5.74) is 0.477. The van der Waals surface area contributed by atoms with E-state index in [4.69, 9.17) is 0 Å². The first-order valence-corrected chi connectivity index (χ1v) is 9.01. The summed E-state index contributed by atoms with van der Waals surface area (Å²) in [5.74, 6) is 0.751. The van der Waals surface area contributed by atoms with E-state index >= 15 is 0 Å². The molecule has 2 nitrogen and oxygen atoms in total. The minimum atomic E-state index is 0.477. The monoisotopic (exact) mass is 282 g/mol. The molecule has 0 radical (unpaired) electrons. The smallest absolute Gasteiger partial charge is 0.00966 e. The van der Waals surface area contributed by atoms with Gasteiger partial charge in [0, 0.05) is 19.1 Å². The Morgan fingerprint density at radius 1 is 1.15 bits per heavy atom. The molecule has 0 aromatic carbocycles. The van der Waals surface area contributed by atoms with Crippen molar-refractivity contribution in [1.29, 1.82) is 0 Å². The Kier molecular flexibility index (Phi) is 8.13. The maximum absolute atomic E-state index is 3.72. The summed E-state index contributed by atoms with van der Waals surface area (Å²) in [4.78, 5) is 2.80. The molecule has 0 heterocycles. The van der Waals surface area contributed by atoms with Gasteiger partial charge in [-0.25, -0.2) is 0 Å². The second-order valence-electron chi connectivity index (χ2n) is 7.29. The molecule has 2 heteroatoms. The van der Waals surface area contributed by atoms with E-state index in [1.165, 1.54) is 58.2 Å². The van der Waals surface area contributed by atoms with Crippen LogP contribution in [0.5, 0.6) is 0 Å². The number of nitrogens with one attached hydrogen (secondary N) is 1. The lowest BCUT2D eigenvalue weighted by molar-refractivity contribution is 0.125. The van der Waals surface area contributed by atoms with Gasteiger partial charge in [-0.2, -0.15) is 0 Å². The fraction of sp³-hybridized carbons (Fsp3) is 1.00. The van der Waals surface area contributed by atoms with Crippen molar-refractivity contribution >= 4 is 0 Å². The lowest BCUT2D eigenvalue weighted by atomic mass is 9.81. The minimum Gasteiger partial charge on any atom is -0.316 e. The van der Waals surface area contributed by atoms with Gasteiger partial charge in [0.15, 0.2) is 0 Å². The Morgan fingerprint density at radius 3 is 2.25 bits per heavy atom. The molecule has 0 aromatic rings. The third-order valence-corrected chi connectivity index (χ3v) is 4.95. The van der Waals surface area contributed by atoms with E-state index in [1.807, 2.05) is 0 Å². The molecule has 0 aliphatic heterocycles. The van der Waals surface area contributed by atoms with E-state index < -0.39 is 0 Å². The van der Waals surface area contributed by atoms with Crippen LogP contribution < -0.4 is 5.32 Å². The summed E-state index contributed by atoms with van der Waals surface area (Å²) in [6.07, 6.45) is 8.15. The molecule has 0 unspecified atom stereocenters. The second-order valence-corrected chi connectivity index (χ2v) is 7.29. The fourth-order valence-corrected chi connectivity index (χ4v) is 3.03. The summed E-state index contributed by atoms with van der Waals surface area (Å²) < 4.78 is 0. The van der Waals surface area contributed by atoms with Gasteiger partial charge in [0.2, 0.25) is 0 Å². The standard InChI is InChI=1S/C18H38N2/c1-6-9-12-20(17-10-11-17)15-18(7-2,8-3)14-19-13-16(4)5/h16-17,19H,6-15H2,1-5H3. The molecule has 0 aromatic heterocycles. The lowest BCUT2D eigenvalue weighted by Crippen LogP contribution is -2.45. The van der Waals surface area contributed by atoms with Crippen LogP contribution in [-0.4, -0.2) is 37.1 Å². The van der Waals surface area contributed by atoms with E-state index in [9.17, 15) is 0 Å². The Hall–Kier alpha value is -0.0800. The van der Waals surface area contributed by atoms with Crippen LogP contribution in [0.1, 0.15) is 73.1 Å². The molecule has 1 rings (SSSR count). The number of unbranched alkanes of at least 4 members (excludes halogenated alkanes) is 1. The highest BCUT2D eigenvalue weighted by Crippen LogP contribution is 2.33. The van der Waals surface area contributed by atoms with Gasteiger partial charge in [0.1, 0.15) is 0 Å². The van der Waals surface area contributed by atoms with Crippen molar-refractivity contribution in [2.24, 2.45) is 11.3 Å². The van der Waals surface area contributed by atoms with Crippen molar-refractivity contribution in [2.45, 2.75) is 79.2 Å². The van der Waals surface area contributed by atoms with Crippen LogP contribution in [0, 0.1) is 11.3 Å². The third kappa shape index (κ3) is 6.13. The quantitative estimate of drug-likeness (QED) is 0.574. The maximum atomic E-state index is 3.72. The van der Waals surface area contributed by atoms with Crippen LogP contribution in [-0.2, 0) is 0 Å². The second kappa shape index (κ2) is 9.04. The Bertz CT molecular complexity index is 242. The Balaban J connectivity index is 2.52. The van der Waals surface area contributed by atoms with Crippen molar-refractivity contribution < 1.29 is 0 Å². The molecule has 1 aliphatic rings. The summed E-state index contributed by atoms with van der Waals surface area (Å²) in [5, 5.41) is 3.72. The van der Waals surface area contributed by atoms with E-state index in [0.29, 0.717) is 5.41 Å². The average molecular weight is 283 g/mol. The molecule has 0 amide bonds. The zero-order valence-corrected chi connectivity index (χ0v) is 14.7. The molecule has 1 fully saturated rings. The highest BCUT2D eigenvalue weighted by molar-refractivity contribution is 4.90. The number of nitrogens with zero attached hydrogens (tertiary/aromatic N) is 1. The first-order valence-electron chi connectivity index (χ1n) is 9.01. The van der Waals surface area contributed by atoms with Gasteiger partial charge in [0.05, 0.1) is 0 Å². The van der Waals surface area contributed by atoms with E-state index in [-0.39, 0.29) is 0 Å². The molecule has 0 saturated heterocycles. The van der Waals surface area contributed by atoms with Gasteiger partial charge in [-0.1, -0.05) is 41.0 Å². The summed E-state index contributed by atoms with van der Waals surface area (Å²) in [6.45, 7) is 16.6. The maximum Gasteiger partial charge on any atom is 0.00966 e. The first kappa shape index (κ1) is 18.0. The SMILES string of the molecule is CCCCN(CC(CC)(CC)CNCC(C)C)C1CC1. The van der Waals surface area contributed by atoms with Crippen LogP contribution in [0.15, 0.2) is 0 Å². The van der Waals surface area contributed by atoms with Crippen LogP contribution in [0.4, 0.5) is 0 Å². The third-order valence-electron chi connectivity index (χ3n) is 4.95. The molecule has 0 bridgehead atoms. The zero-order valence-electron chi connectivity index (χ0n) is 14.7. The highest BCUT2D eigenvalue weighted by Gasteiger charge is 2.35. The topological polar surface area (TPSA) is 15.3 Å². The molecule has 1 aliphatic carbocycles. The predicted octanol–water partition coefficient (Wildman–Crippen LogP) is 4.30. The van der Waals surface area contributed by atoms with Crippen molar-refractivity contribution in [3.8, 4) is 0 Å². The largest absolute Gasteiger partial charge is 0.316 e. The van der Waals surface area contributed by atoms with Crippen molar-refractivity contribution in [3.05, 3.63) is 0 Å². The van der Waals surface area contributed by atoms with Crippen molar-refractivity contribution in [1.82, 2.24) is 10.2 Å². The van der Waals surface area contributed by atoms with Crippen LogP contribution in [0.2, 0.25) is 0 Å². The first-order chi connectivity index (χ1) is 9.56. The molecular weight excluding hydrogens is 244 g/mol. The average Bonchev–Trinajstić information content (AvgIpc) is 3.26. The minimum absolute atomic E-state index is 0.477. The normalized spacial score (nSPS) is 16.4. The molecular formula is C18H38N2. The molecule has 0 spiro atoms. The Labute approximate surface area is 127 Å². The van der Waals surface area contributed by atoms with Crippen molar-refractivity contribution in [2.75, 3.05) is 26.2 Å². The van der Waals surface area contributed by atoms with E-state index in [1.54, 1.807) is 0 Å². The van der Waals surface area contributed by atoms with Crippen LogP contribution in [0.25, 0.3) is 0 Å². The number of hydrogen-bond donors (Lipinski definition) is 1. The molecule has 1 saturated carbocycles. The fourth-order valence-electron chi connectivity index (χ4n) is 3.03. The number of hydrogen-bond acceptors (Lipinski definition) is 2. The highest BCUT2D eigenvalue weighted by atomic mass is 15.2. The summed E-state index contributed by atoms with van der Waals surface area (Å²) in [7, 11) is 0. The Morgan fingerprint density at radius 2 is 1.80 bits per heavy atom. The molecule has 0 atom stereocenters. The van der Waals surface area contributed by atoms with Gasteiger partial charge < -0.3 is 5.32 Å². The van der Waals surface area contributed by atoms with Gasteiger partial charge in [-0.3, -0.25) is 4.90 Å². The van der Waals surface area contributed by atoms with Gasteiger partial charge in [0.25, 0.3) is 0 Å². The predicted molar refractivity (Wildman–Crippen MR) is 90.2 cm³/mol. The van der Waals surface area contributed by atoms with Crippen molar-refractivity contribution in [3.63, 3.8) is 0 Å². The molecule has 120 valence electrons. The van der Waals surface area contributed by atoms with Gasteiger partial charge >= 0.3 is 0 Å². The summed E-state index contributed by atoms with van der Waals surface area (Å²) >= 11 is 0. The lowest BCUT2D eigenvalue weighted by Gasteiger charge is -2.38. The van der Waals surface area contributed by atoms with Gasteiger partial charge in [-0.05, 0) is 56.5 Å². The summed E-state index contributed by atoms with van der Waals surface area (Å²) in [6, 6.07) is 0.907.